The molecule has 3 unspecified atom stereocenters. The molecule has 1 aromatic carbocycles. The number of aliphatic hydroxyl groups excluding tert-OH is 1. The lowest BCUT2D eigenvalue weighted by atomic mass is 10.0. The van der Waals surface area contributed by atoms with E-state index in [4.69, 9.17) is 5.41 Å². The molecule has 2 saturated heterocycles. The highest BCUT2D eigenvalue weighted by molar-refractivity contribution is 7.85. The largest absolute Gasteiger partial charge is 0.401 e. The number of nitrogens with zero attached hydrogens (tertiary/aromatic N) is 2. The number of aliphatic hydroxyl groups is 1. The number of benzene rings is 1. The maximum atomic E-state index is 12.8. The summed E-state index contributed by atoms with van der Waals surface area (Å²) in [6.45, 7) is 5.40. The van der Waals surface area contributed by atoms with Gasteiger partial charge in [0.05, 0.1) is 17.3 Å². The molecule has 0 radical (unpaired) electrons. The van der Waals surface area contributed by atoms with Crippen LogP contribution in [0.25, 0.3) is 0 Å². The van der Waals surface area contributed by atoms with Gasteiger partial charge in [0.25, 0.3) is 0 Å². The summed E-state index contributed by atoms with van der Waals surface area (Å²) in [5.74, 6) is 0.193. The Hall–Kier alpha value is -1.59. The molecule has 2 aliphatic rings. The predicted octanol–water partition coefficient (Wildman–Crippen LogP) is 2.71. The number of alkyl halides is 3. The van der Waals surface area contributed by atoms with E-state index in [9.17, 15) is 22.5 Å². The summed E-state index contributed by atoms with van der Waals surface area (Å²) in [4.78, 5) is 3.93. The van der Waals surface area contributed by atoms with Crippen molar-refractivity contribution in [2.45, 2.75) is 48.5 Å². The number of hydrogen-bond donors (Lipinski definition) is 3. The Morgan fingerprint density at radius 2 is 1.94 bits per heavy atom. The Kier molecular flexibility index (Phi) is 8.62. The van der Waals surface area contributed by atoms with Crippen LogP contribution in [0.3, 0.4) is 0 Å². The Bertz CT molecular complexity index is 810. The van der Waals surface area contributed by atoms with Crippen LogP contribution in [0.5, 0.6) is 0 Å². The molecule has 0 saturated carbocycles. The fourth-order valence-electron chi connectivity index (χ4n) is 4.24. The van der Waals surface area contributed by atoms with Crippen LogP contribution < -0.4 is 5.32 Å². The van der Waals surface area contributed by atoms with Gasteiger partial charge in [0, 0.05) is 29.8 Å². The van der Waals surface area contributed by atoms with Crippen molar-refractivity contribution >= 4 is 17.0 Å². The zero-order valence-corrected chi connectivity index (χ0v) is 18.8. The monoisotopic (exact) mass is 472 g/mol. The van der Waals surface area contributed by atoms with E-state index in [-0.39, 0.29) is 11.2 Å². The smallest absolute Gasteiger partial charge is 0.365 e. The quantitative estimate of drug-likeness (QED) is 0.293. The van der Waals surface area contributed by atoms with E-state index in [0.717, 1.165) is 11.1 Å². The van der Waals surface area contributed by atoms with Gasteiger partial charge in [0.1, 0.15) is 0 Å². The zero-order chi connectivity index (χ0) is 23.3. The molecule has 2 fully saturated rings. The van der Waals surface area contributed by atoms with E-state index < -0.39 is 29.9 Å². The molecule has 3 rings (SSSR count). The molecule has 2 aliphatic heterocycles. The van der Waals surface area contributed by atoms with Crippen LogP contribution in [-0.4, -0.2) is 75.8 Å². The van der Waals surface area contributed by atoms with Gasteiger partial charge in [-0.1, -0.05) is 24.3 Å². The lowest BCUT2D eigenvalue weighted by molar-refractivity contribution is -0.147. The molecule has 2 heterocycles. The average Bonchev–Trinajstić information content (AvgIpc) is 3.12. The lowest BCUT2D eigenvalue weighted by Crippen LogP contribution is -2.44. The molecule has 0 spiro atoms. The number of halogens is 3. The molecule has 0 aliphatic carbocycles. The number of rotatable bonds is 9. The minimum atomic E-state index is -4.20. The molecular weight excluding hydrogens is 441 g/mol. The first-order valence-corrected chi connectivity index (χ1v) is 12.0. The number of nitrogens with one attached hydrogen (secondary N) is 2. The fourth-order valence-corrected chi connectivity index (χ4v) is 5.67. The van der Waals surface area contributed by atoms with Crippen LogP contribution in [0.4, 0.5) is 13.2 Å². The number of piperidine rings is 1. The second-order valence-electron chi connectivity index (χ2n) is 8.51. The Morgan fingerprint density at radius 3 is 2.53 bits per heavy atom. The SMILES string of the molecule is C=C1CN(C(O)NCc2ccc(S(=O)C3CCN(CC(F)(F)F)CC3)cc2)CC1CC=N. The Morgan fingerprint density at radius 1 is 1.28 bits per heavy atom. The summed E-state index contributed by atoms with van der Waals surface area (Å²) in [5, 5.41) is 20.6. The summed E-state index contributed by atoms with van der Waals surface area (Å²) in [7, 11) is -1.25. The first-order valence-electron chi connectivity index (χ1n) is 10.8. The molecule has 6 nitrogen and oxygen atoms in total. The summed E-state index contributed by atoms with van der Waals surface area (Å²) in [6, 6.07) is 7.29. The molecule has 0 amide bonds. The minimum Gasteiger partial charge on any atom is -0.365 e. The van der Waals surface area contributed by atoms with Crippen molar-refractivity contribution in [2.75, 3.05) is 32.7 Å². The average molecular weight is 473 g/mol. The maximum Gasteiger partial charge on any atom is 0.401 e. The van der Waals surface area contributed by atoms with Crippen molar-refractivity contribution in [2.24, 2.45) is 5.92 Å². The highest BCUT2D eigenvalue weighted by Gasteiger charge is 2.34. The van der Waals surface area contributed by atoms with Gasteiger partial charge in [-0.15, -0.1) is 0 Å². The fraction of sp³-hybridized carbons (Fsp3) is 0.591. The molecule has 178 valence electrons. The molecule has 10 heteroatoms. The van der Waals surface area contributed by atoms with Gasteiger partial charge in [-0.05, 0) is 62.2 Å². The van der Waals surface area contributed by atoms with Gasteiger partial charge < -0.3 is 10.5 Å². The van der Waals surface area contributed by atoms with Crippen LogP contribution >= 0.6 is 0 Å². The van der Waals surface area contributed by atoms with Gasteiger partial charge >= 0.3 is 6.18 Å². The van der Waals surface area contributed by atoms with Crippen molar-refractivity contribution in [1.82, 2.24) is 15.1 Å². The van der Waals surface area contributed by atoms with Gasteiger partial charge in [-0.25, -0.2) is 0 Å². The third-order valence-electron chi connectivity index (χ3n) is 6.07. The second-order valence-corrected chi connectivity index (χ2v) is 10.2. The topological polar surface area (TPSA) is 79.7 Å². The summed E-state index contributed by atoms with van der Waals surface area (Å²) in [6.07, 6.45) is -2.05. The zero-order valence-electron chi connectivity index (χ0n) is 18.0. The summed E-state index contributed by atoms with van der Waals surface area (Å²) < 4.78 is 50.4. The van der Waals surface area contributed by atoms with E-state index in [1.165, 1.54) is 11.1 Å². The third-order valence-corrected chi connectivity index (χ3v) is 7.89. The van der Waals surface area contributed by atoms with Gasteiger partial charge in [-0.3, -0.25) is 19.3 Å². The lowest BCUT2D eigenvalue weighted by Gasteiger charge is -2.31. The van der Waals surface area contributed by atoms with Crippen molar-refractivity contribution < 1.29 is 22.5 Å². The van der Waals surface area contributed by atoms with Crippen LogP contribution in [0, 0.1) is 11.3 Å². The molecular formula is C22H31F3N4O2S. The minimum absolute atomic E-state index is 0.137. The first-order chi connectivity index (χ1) is 15.2. The maximum absolute atomic E-state index is 12.8. The molecule has 32 heavy (non-hydrogen) atoms. The standard InChI is InChI=1S/C22H31F3N4O2S/c1-16-13-29(14-18(16)6-9-26)21(30)27-12-17-2-4-19(5-3-17)32(31)20-7-10-28(11-8-20)15-22(23,24)25/h2-5,9,18,20-21,26-27,30H,1,6-8,10-15H2. The summed E-state index contributed by atoms with van der Waals surface area (Å²) in [5.41, 5.74) is 1.95. The van der Waals surface area contributed by atoms with Crippen molar-refractivity contribution in [3.8, 4) is 0 Å². The van der Waals surface area contributed by atoms with E-state index in [1.807, 2.05) is 17.0 Å². The third kappa shape index (κ3) is 6.95. The van der Waals surface area contributed by atoms with E-state index in [0.29, 0.717) is 56.9 Å². The van der Waals surface area contributed by atoms with Crippen LogP contribution in [-0.2, 0) is 17.3 Å². The van der Waals surface area contributed by atoms with E-state index >= 15 is 0 Å². The number of likely N-dealkylation sites (tertiary alicyclic amines) is 2. The highest BCUT2D eigenvalue weighted by atomic mass is 32.2. The highest BCUT2D eigenvalue weighted by Crippen LogP contribution is 2.25. The van der Waals surface area contributed by atoms with Crippen LogP contribution in [0.2, 0.25) is 0 Å². The van der Waals surface area contributed by atoms with Gasteiger partial charge in [-0.2, -0.15) is 13.2 Å². The molecule has 3 N–H and O–H groups in total. The molecule has 0 aromatic heterocycles. The van der Waals surface area contributed by atoms with E-state index in [1.54, 1.807) is 12.1 Å². The molecule has 3 atom stereocenters. The van der Waals surface area contributed by atoms with Gasteiger partial charge in [0.2, 0.25) is 0 Å². The van der Waals surface area contributed by atoms with Gasteiger partial charge in [0.15, 0.2) is 6.35 Å². The van der Waals surface area contributed by atoms with Crippen molar-refractivity contribution in [3.05, 3.63) is 42.0 Å². The molecule has 1 aromatic rings. The second kappa shape index (κ2) is 11.0. The first kappa shape index (κ1) is 25.0. The van der Waals surface area contributed by atoms with Crippen LogP contribution in [0.15, 0.2) is 41.3 Å². The Balaban J connectivity index is 1.45. The van der Waals surface area contributed by atoms with Crippen LogP contribution in [0.1, 0.15) is 24.8 Å². The Labute approximate surface area is 189 Å². The molecule has 0 bridgehead atoms. The van der Waals surface area contributed by atoms with Crippen molar-refractivity contribution in [1.29, 1.82) is 5.41 Å². The normalized spacial score (nSPS) is 23.4. The van der Waals surface area contributed by atoms with E-state index in [2.05, 4.69) is 11.9 Å². The number of hydrogen-bond acceptors (Lipinski definition) is 6. The van der Waals surface area contributed by atoms with Crippen molar-refractivity contribution in [3.63, 3.8) is 0 Å². The summed E-state index contributed by atoms with van der Waals surface area (Å²) >= 11 is 0. The predicted molar refractivity (Wildman–Crippen MR) is 119 cm³/mol.